The lowest BCUT2D eigenvalue weighted by Crippen LogP contribution is -2.42. The third kappa shape index (κ3) is 4.19. The molecule has 5 heteroatoms. The van der Waals surface area contributed by atoms with Crippen molar-refractivity contribution in [3.8, 4) is 11.5 Å². The van der Waals surface area contributed by atoms with Crippen LogP contribution in [0, 0.1) is 13.8 Å². The van der Waals surface area contributed by atoms with Crippen molar-refractivity contribution < 1.29 is 19.1 Å². The molecule has 5 rings (SSSR count). The highest BCUT2D eigenvalue weighted by Gasteiger charge is 2.43. The number of anilines is 1. The Labute approximate surface area is 212 Å². The molecule has 0 N–H and O–H groups in total. The van der Waals surface area contributed by atoms with E-state index in [9.17, 15) is 9.59 Å². The van der Waals surface area contributed by atoms with Gasteiger partial charge in [0.1, 0.15) is 11.5 Å². The largest absolute Gasteiger partial charge is 0.497 e. The van der Waals surface area contributed by atoms with Crippen molar-refractivity contribution in [3.63, 3.8) is 0 Å². The van der Waals surface area contributed by atoms with Gasteiger partial charge in [0.25, 0.3) is 0 Å². The average molecular weight is 482 g/mol. The van der Waals surface area contributed by atoms with Crippen LogP contribution in [-0.2, 0) is 9.59 Å². The van der Waals surface area contributed by atoms with E-state index < -0.39 is 0 Å². The summed E-state index contributed by atoms with van der Waals surface area (Å²) < 4.78 is 11.1. The molecule has 0 fully saturated rings. The molecule has 1 aliphatic heterocycles. The standard InChI is InChI=1S/C31H31NO4/c1-19-10-11-20(2)26(14-19)32-27-15-22(21-8-6-5-7-9-21)16-28(33)31(27)25(18-30(32)34)24-13-12-23(35-3)17-29(24)36-4/h5-14,17,22,25H,15-16,18H2,1-4H3. The molecule has 184 valence electrons. The number of carbonyl (C=O) groups is 2. The van der Waals surface area contributed by atoms with Gasteiger partial charge in [0.2, 0.25) is 5.91 Å². The van der Waals surface area contributed by atoms with Crippen LogP contribution in [0.2, 0.25) is 0 Å². The van der Waals surface area contributed by atoms with Gasteiger partial charge in [-0.3, -0.25) is 14.5 Å². The van der Waals surface area contributed by atoms with Gasteiger partial charge < -0.3 is 9.47 Å². The maximum absolute atomic E-state index is 13.9. The number of benzene rings is 3. The Hall–Kier alpha value is -3.86. The molecule has 5 nitrogen and oxygen atoms in total. The smallest absolute Gasteiger partial charge is 0.232 e. The van der Waals surface area contributed by atoms with Gasteiger partial charge in [0, 0.05) is 41.7 Å². The Kier molecular flexibility index (Phi) is 6.40. The lowest BCUT2D eigenvalue weighted by atomic mass is 9.72. The number of allylic oxidation sites excluding steroid dienone is 2. The Morgan fingerprint density at radius 3 is 2.33 bits per heavy atom. The zero-order chi connectivity index (χ0) is 25.4. The van der Waals surface area contributed by atoms with Crippen molar-refractivity contribution in [1.82, 2.24) is 0 Å². The van der Waals surface area contributed by atoms with Crippen LogP contribution in [0.1, 0.15) is 53.4 Å². The molecule has 1 amide bonds. The van der Waals surface area contributed by atoms with E-state index in [1.807, 2.05) is 73.3 Å². The van der Waals surface area contributed by atoms with E-state index in [4.69, 9.17) is 9.47 Å². The molecule has 0 saturated heterocycles. The van der Waals surface area contributed by atoms with E-state index in [0.717, 1.165) is 39.2 Å². The number of ketones is 1. The van der Waals surface area contributed by atoms with Gasteiger partial charge in [0.05, 0.1) is 19.9 Å². The topological polar surface area (TPSA) is 55.8 Å². The minimum Gasteiger partial charge on any atom is -0.497 e. The fraction of sp³-hybridized carbons (Fsp3) is 0.290. The zero-order valence-corrected chi connectivity index (χ0v) is 21.2. The molecule has 0 aromatic heterocycles. The molecular weight excluding hydrogens is 450 g/mol. The van der Waals surface area contributed by atoms with Gasteiger partial charge in [-0.05, 0) is 55.0 Å². The monoisotopic (exact) mass is 481 g/mol. The summed E-state index contributed by atoms with van der Waals surface area (Å²) in [6, 6.07) is 21.9. The third-order valence-corrected chi connectivity index (χ3v) is 7.42. The van der Waals surface area contributed by atoms with Gasteiger partial charge in [-0.15, -0.1) is 0 Å². The van der Waals surface area contributed by atoms with Crippen molar-refractivity contribution in [1.29, 1.82) is 0 Å². The molecule has 2 aliphatic rings. The van der Waals surface area contributed by atoms with Crippen LogP contribution in [0.3, 0.4) is 0 Å². The van der Waals surface area contributed by atoms with Crippen LogP contribution in [-0.4, -0.2) is 25.9 Å². The van der Waals surface area contributed by atoms with Crippen LogP contribution in [0.5, 0.6) is 11.5 Å². The normalized spacial score (nSPS) is 19.8. The van der Waals surface area contributed by atoms with Crippen LogP contribution in [0.25, 0.3) is 0 Å². The molecule has 1 heterocycles. The van der Waals surface area contributed by atoms with Gasteiger partial charge >= 0.3 is 0 Å². The highest BCUT2D eigenvalue weighted by atomic mass is 16.5. The first-order valence-corrected chi connectivity index (χ1v) is 12.3. The number of hydrogen-bond acceptors (Lipinski definition) is 4. The minimum atomic E-state index is -0.362. The second kappa shape index (κ2) is 9.65. The quantitative estimate of drug-likeness (QED) is 0.433. The molecule has 2 atom stereocenters. The molecule has 0 bridgehead atoms. The summed E-state index contributed by atoms with van der Waals surface area (Å²) >= 11 is 0. The number of nitrogens with zero attached hydrogens (tertiary/aromatic N) is 1. The van der Waals surface area contributed by atoms with Crippen molar-refractivity contribution in [3.05, 3.63) is 100 Å². The number of rotatable bonds is 5. The van der Waals surface area contributed by atoms with Crippen LogP contribution < -0.4 is 14.4 Å². The molecule has 36 heavy (non-hydrogen) atoms. The maximum atomic E-state index is 13.9. The number of amides is 1. The zero-order valence-electron chi connectivity index (χ0n) is 21.2. The van der Waals surface area contributed by atoms with Crippen molar-refractivity contribution in [2.24, 2.45) is 0 Å². The molecule has 0 saturated carbocycles. The highest BCUT2D eigenvalue weighted by Crippen LogP contribution is 2.49. The Morgan fingerprint density at radius 1 is 0.833 bits per heavy atom. The highest BCUT2D eigenvalue weighted by molar-refractivity contribution is 6.08. The van der Waals surface area contributed by atoms with Gasteiger partial charge in [-0.2, -0.15) is 0 Å². The van der Waals surface area contributed by atoms with Crippen molar-refractivity contribution >= 4 is 17.4 Å². The summed E-state index contributed by atoms with van der Waals surface area (Å²) in [6.07, 6.45) is 1.25. The average Bonchev–Trinajstić information content (AvgIpc) is 2.89. The molecule has 1 aliphatic carbocycles. The van der Waals surface area contributed by atoms with Crippen molar-refractivity contribution in [2.45, 2.75) is 44.9 Å². The molecule has 2 unspecified atom stereocenters. The van der Waals surface area contributed by atoms with Crippen LogP contribution in [0.15, 0.2) is 78.0 Å². The summed E-state index contributed by atoms with van der Waals surface area (Å²) in [7, 11) is 3.21. The molecule has 0 spiro atoms. The first-order valence-electron chi connectivity index (χ1n) is 12.3. The maximum Gasteiger partial charge on any atom is 0.232 e. The number of Topliss-reactive ketones (excluding diaryl/α,β-unsaturated/α-hetero) is 1. The van der Waals surface area contributed by atoms with Gasteiger partial charge in [0.15, 0.2) is 5.78 Å². The summed E-state index contributed by atoms with van der Waals surface area (Å²) in [5.41, 5.74) is 6.44. The van der Waals surface area contributed by atoms with E-state index in [1.165, 1.54) is 0 Å². The summed E-state index contributed by atoms with van der Waals surface area (Å²) in [4.78, 5) is 29.6. The van der Waals surface area contributed by atoms with Gasteiger partial charge in [-0.1, -0.05) is 48.5 Å². The van der Waals surface area contributed by atoms with Gasteiger partial charge in [-0.25, -0.2) is 0 Å². The second-order valence-corrected chi connectivity index (χ2v) is 9.68. The Morgan fingerprint density at radius 2 is 1.61 bits per heavy atom. The number of hydrogen-bond donors (Lipinski definition) is 0. The van der Waals surface area contributed by atoms with E-state index in [0.29, 0.717) is 24.3 Å². The van der Waals surface area contributed by atoms with E-state index >= 15 is 0 Å². The Balaban J connectivity index is 1.70. The molecular formula is C31H31NO4. The predicted molar refractivity (Wildman–Crippen MR) is 141 cm³/mol. The number of carbonyl (C=O) groups excluding carboxylic acids is 2. The van der Waals surface area contributed by atoms with Crippen LogP contribution in [0.4, 0.5) is 5.69 Å². The second-order valence-electron chi connectivity index (χ2n) is 9.68. The number of aryl methyl sites for hydroxylation is 2. The fourth-order valence-electron chi connectivity index (χ4n) is 5.61. The third-order valence-electron chi connectivity index (χ3n) is 7.42. The fourth-order valence-corrected chi connectivity index (χ4v) is 5.61. The predicted octanol–water partition coefficient (Wildman–Crippen LogP) is 6.24. The number of methoxy groups -OCH3 is 2. The first kappa shape index (κ1) is 23.9. The lowest BCUT2D eigenvalue weighted by molar-refractivity contribution is -0.120. The summed E-state index contributed by atoms with van der Waals surface area (Å²) in [5, 5.41) is 0. The summed E-state index contributed by atoms with van der Waals surface area (Å²) in [6.45, 7) is 4.04. The first-order chi connectivity index (χ1) is 17.4. The minimum absolute atomic E-state index is 0.00756. The molecule has 3 aromatic rings. The van der Waals surface area contributed by atoms with Crippen molar-refractivity contribution in [2.75, 3.05) is 19.1 Å². The SMILES string of the molecule is COc1ccc(C2CC(=O)N(c3cc(C)ccc3C)C3=C2C(=O)CC(c2ccccc2)C3)c(OC)c1. The van der Waals surface area contributed by atoms with Crippen LogP contribution >= 0.6 is 0 Å². The Bertz CT molecular complexity index is 1360. The lowest BCUT2D eigenvalue weighted by Gasteiger charge is -2.41. The van der Waals surface area contributed by atoms with E-state index in [1.54, 1.807) is 14.2 Å². The van der Waals surface area contributed by atoms with E-state index in [2.05, 4.69) is 12.1 Å². The summed E-state index contributed by atoms with van der Waals surface area (Å²) in [5.74, 6) is 1.04. The number of ether oxygens (including phenoxy) is 2. The van der Waals surface area contributed by atoms with E-state index in [-0.39, 0.29) is 29.9 Å². The molecule has 0 radical (unpaired) electrons. The molecule has 3 aromatic carbocycles.